The second-order valence-electron chi connectivity index (χ2n) is 6.38. The van der Waals surface area contributed by atoms with Gasteiger partial charge in [-0.25, -0.2) is 4.98 Å². The first kappa shape index (κ1) is 17.0. The van der Waals surface area contributed by atoms with E-state index in [1.807, 2.05) is 0 Å². The van der Waals surface area contributed by atoms with Crippen molar-refractivity contribution in [3.8, 4) is 0 Å². The van der Waals surface area contributed by atoms with E-state index in [9.17, 15) is 5.11 Å². The Balaban J connectivity index is 1.99. The van der Waals surface area contributed by atoms with E-state index in [-0.39, 0.29) is 6.61 Å². The van der Waals surface area contributed by atoms with Crippen molar-refractivity contribution in [3.05, 3.63) is 29.1 Å². The van der Waals surface area contributed by atoms with E-state index in [1.54, 1.807) is 0 Å². The number of aliphatic hydroxyl groups is 1. The number of hydrogen-bond acceptors (Lipinski definition) is 2. The van der Waals surface area contributed by atoms with Crippen LogP contribution in [0.4, 0.5) is 0 Å². The van der Waals surface area contributed by atoms with Gasteiger partial charge >= 0.3 is 0 Å². The number of hydrogen-bond donors (Lipinski definition) is 1. The highest BCUT2D eigenvalue weighted by molar-refractivity contribution is 5.78. The molecule has 0 atom stereocenters. The summed E-state index contributed by atoms with van der Waals surface area (Å²) in [7, 11) is 0. The Labute approximate surface area is 134 Å². The van der Waals surface area contributed by atoms with Crippen LogP contribution in [0.25, 0.3) is 11.0 Å². The molecule has 0 unspecified atom stereocenters. The van der Waals surface area contributed by atoms with E-state index in [0.29, 0.717) is 0 Å². The minimum absolute atomic E-state index is 0.0171. The Kier molecular flexibility index (Phi) is 6.44. The van der Waals surface area contributed by atoms with Gasteiger partial charge in [0.1, 0.15) is 12.4 Å². The molecule has 3 heteroatoms. The minimum Gasteiger partial charge on any atom is -0.388 e. The molecule has 3 nitrogen and oxygen atoms in total. The third kappa shape index (κ3) is 4.10. The van der Waals surface area contributed by atoms with Crippen LogP contribution in [0, 0.1) is 13.8 Å². The molecule has 0 saturated heterocycles. The first-order chi connectivity index (χ1) is 10.7. The van der Waals surface area contributed by atoms with Crippen LogP contribution in [-0.4, -0.2) is 14.7 Å². The van der Waals surface area contributed by atoms with Gasteiger partial charge in [-0.2, -0.15) is 0 Å². The van der Waals surface area contributed by atoms with Crippen LogP contribution >= 0.6 is 0 Å². The molecule has 0 aliphatic rings. The van der Waals surface area contributed by atoms with Gasteiger partial charge in [-0.15, -0.1) is 0 Å². The van der Waals surface area contributed by atoms with Crippen LogP contribution in [0.3, 0.4) is 0 Å². The highest BCUT2D eigenvalue weighted by Gasteiger charge is 2.11. The lowest BCUT2D eigenvalue weighted by Gasteiger charge is -2.09. The molecule has 2 rings (SSSR count). The zero-order chi connectivity index (χ0) is 15.9. The maximum Gasteiger partial charge on any atom is 0.135 e. The van der Waals surface area contributed by atoms with E-state index < -0.39 is 0 Å². The summed E-state index contributed by atoms with van der Waals surface area (Å²) in [6.45, 7) is 7.48. The number of aryl methyl sites for hydroxylation is 3. The Bertz CT molecular complexity index is 601. The zero-order valence-corrected chi connectivity index (χ0v) is 14.4. The Hall–Kier alpha value is -1.35. The SMILES string of the molecule is CCCCCCCCCn1c(CO)nc2cc(C)c(C)cc21. The maximum absolute atomic E-state index is 9.57. The van der Waals surface area contributed by atoms with Gasteiger partial charge in [-0.1, -0.05) is 45.4 Å². The molecule has 0 aliphatic carbocycles. The standard InChI is InChI=1S/C19H30N2O/c1-4-5-6-7-8-9-10-11-21-18-13-16(3)15(2)12-17(18)20-19(21)14-22/h12-13,22H,4-11,14H2,1-3H3. The van der Waals surface area contributed by atoms with Crippen molar-refractivity contribution in [1.29, 1.82) is 0 Å². The molecule has 1 aromatic carbocycles. The maximum atomic E-state index is 9.57. The van der Waals surface area contributed by atoms with Crippen LogP contribution in [0.5, 0.6) is 0 Å². The van der Waals surface area contributed by atoms with Crippen molar-refractivity contribution in [2.45, 2.75) is 78.9 Å². The number of aromatic nitrogens is 2. The average molecular weight is 302 g/mol. The van der Waals surface area contributed by atoms with Crippen LogP contribution < -0.4 is 0 Å². The molecule has 0 spiro atoms. The summed E-state index contributed by atoms with van der Waals surface area (Å²) < 4.78 is 2.20. The first-order valence-electron chi connectivity index (χ1n) is 8.74. The molecule has 1 N–H and O–H groups in total. The van der Waals surface area contributed by atoms with Crippen molar-refractivity contribution in [3.63, 3.8) is 0 Å². The lowest BCUT2D eigenvalue weighted by Crippen LogP contribution is -2.04. The number of rotatable bonds is 9. The second kappa shape index (κ2) is 8.33. The molecular weight excluding hydrogens is 272 g/mol. The summed E-state index contributed by atoms with van der Waals surface area (Å²) in [5.74, 6) is 0.797. The zero-order valence-electron chi connectivity index (χ0n) is 14.4. The van der Waals surface area contributed by atoms with Gasteiger partial charge in [0, 0.05) is 6.54 Å². The summed E-state index contributed by atoms with van der Waals surface area (Å²) in [6, 6.07) is 4.34. The minimum atomic E-state index is 0.0171. The molecule has 122 valence electrons. The van der Waals surface area contributed by atoms with E-state index >= 15 is 0 Å². The van der Waals surface area contributed by atoms with E-state index in [0.717, 1.165) is 29.8 Å². The molecule has 0 radical (unpaired) electrons. The fourth-order valence-corrected chi connectivity index (χ4v) is 3.03. The number of benzene rings is 1. The molecular formula is C19H30N2O. The van der Waals surface area contributed by atoms with Gasteiger partial charge in [0.25, 0.3) is 0 Å². The summed E-state index contributed by atoms with van der Waals surface area (Å²) in [5, 5.41) is 9.57. The quantitative estimate of drug-likeness (QED) is 0.669. The number of fused-ring (bicyclic) bond motifs is 1. The van der Waals surface area contributed by atoms with Gasteiger partial charge in [-0.3, -0.25) is 0 Å². The third-order valence-electron chi connectivity index (χ3n) is 4.57. The van der Waals surface area contributed by atoms with Gasteiger partial charge in [0.15, 0.2) is 0 Å². The monoisotopic (exact) mass is 302 g/mol. The number of aliphatic hydroxyl groups excluding tert-OH is 1. The van der Waals surface area contributed by atoms with Crippen molar-refractivity contribution in [2.75, 3.05) is 0 Å². The normalized spacial score (nSPS) is 11.5. The highest BCUT2D eigenvalue weighted by Crippen LogP contribution is 2.22. The highest BCUT2D eigenvalue weighted by atomic mass is 16.3. The van der Waals surface area contributed by atoms with E-state index in [1.165, 1.54) is 49.7 Å². The van der Waals surface area contributed by atoms with Crippen molar-refractivity contribution < 1.29 is 5.11 Å². The largest absolute Gasteiger partial charge is 0.388 e. The Morgan fingerprint density at radius 1 is 0.955 bits per heavy atom. The smallest absolute Gasteiger partial charge is 0.135 e. The van der Waals surface area contributed by atoms with Gasteiger partial charge < -0.3 is 9.67 Å². The third-order valence-corrected chi connectivity index (χ3v) is 4.57. The summed E-state index contributed by atoms with van der Waals surface area (Å²) in [6.07, 6.45) is 9.13. The van der Waals surface area contributed by atoms with E-state index in [2.05, 4.69) is 42.5 Å². The van der Waals surface area contributed by atoms with E-state index in [4.69, 9.17) is 0 Å². The lowest BCUT2D eigenvalue weighted by molar-refractivity contribution is 0.265. The van der Waals surface area contributed by atoms with Crippen LogP contribution in [0.2, 0.25) is 0 Å². The molecule has 2 aromatic rings. The molecule has 22 heavy (non-hydrogen) atoms. The summed E-state index contributed by atoms with van der Waals surface area (Å²) in [5.41, 5.74) is 4.73. The van der Waals surface area contributed by atoms with Crippen molar-refractivity contribution in [2.24, 2.45) is 0 Å². The predicted octanol–water partition coefficient (Wildman–Crippen LogP) is 4.90. The van der Waals surface area contributed by atoms with Crippen molar-refractivity contribution >= 4 is 11.0 Å². The first-order valence-corrected chi connectivity index (χ1v) is 8.74. The predicted molar refractivity (Wildman–Crippen MR) is 93.1 cm³/mol. The van der Waals surface area contributed by atoms with Crippen molar-refractivity contribution in [1.82, 2.24) is 9.55 Å². The fourth-order valence-electron chi connectivity index (χ4n) is 3.03. The summed E-state index contributed by atoms with van der Waals surface area (Å²) >= 11 is 0. The summed E-state index contributed by atoms with van der Waals surface area (Å²) in [4.78, 5) is 4.59. The second-order valence-corrected chi connectivity index (χ2v) is 6.38. The molecule has 0 saturated carbocycles. The van der Waals surface area contributed by atoms with Crippen LogP contribution in [-0.2, 0) is 13.2 Å². The van der Waals surface area contributed by atoms with Crippen LogP contribution in [0.15, 0.2) is 12.1 Å². The van der Waals surface area contributed by atoms with Crippen LogP contribution in [0.1, 0.15) is 68.8 Å². The average Bonchev–Trinajstić information content (AvgIpc) is 2.84. The lowest BCUT2D eigenvalue weighted by atomic mass is 10.1. The molecule has 1 aromatic heterocycles. The fraction of sp³-hybridized carbons (Fsp3) is 0.632. The molecule has 0 bridgehead atoms. The Morgan fingerprint density at radius 2 is 1.59 bits per heavy atom. The topological polar surface area (TPSA) is 38.0 Å². The molecule has 1 heterocycles. The number of unbranched alkanes of at least 4 members (excludes halogenated alkanes) is 6. The van der Waals surface area contributed by atoms with Gasteiger partial charge in [0.05, 0.1) is 11.0 Å². The molecule has 0 aliphatic heterocycles. The molecule has 0 fully saturated rings. The number of nitrogens with zero attached hydrogens (tertiary/aromatic N) is 2. The molecule has 0 amide bonds. The number of imidazole rings is 1. The van der Waals surface area contributed by atoms with Gasteiger partial charge in [-0.05, 0) is 43.5 Å². The van der Waals surface area contributed by atoms with Gasteiger partial charge in [0.2, 0.25) is 0 Å². The Morgan fingerprint density at radius 3 is 2.27 bits per heavy atom.